The van der Waals surface area contributed by atoms with E-state index in [4.69, 9.17) is 0 Å². The smallest absolute Gasteiger partial charge is 0.229 e. The van der Waals surface area contributed by atoms with E-state index in [9.17, 15) is 8.42 Å². The van der Waals surface area contributed by atoms with Crippen molar-refractivity contribution in [3.8, 4) is 0 Å². The molecule has 0 amide bonds. The van der Waals surface area contributed by atoms with Crippen molar-refractivity contribution in [1.82, 2.24) is 0 Å². The highest BCUT2D eigenvalue weighted by Crippen LogP contribution is 2.38. The molecule has 0 unspecified atom stereocenters. The summed E-state index contributed by atoms with van der Waals surface area (Å²) in [6, 6.07) is 7.55. The van der Waals surface area contributed by atoms with E-state index in [0.29, 0.717) is 5.69 Å². The Labute approximate surface area is 116 Å². The van der Waals surface area contributed by atoms with Crippen molar-refractivity contribution in [2.24, 2.45) is 0 Å². The fraction of sp³-hybridized carbons (Fsp3) is 0.385. The van der Waals surface area contributed by atoms with E-state index >= 15 is 0 Å². The first-order valence-corrected chi connectivity index (χ1v) is 8.60. The molecule has 0 saturated carbocycles. The summed E-state index contributed by atoms with van der Waals surface area (Å²) in [6.45, 7) is 0. The van der Waals surface area contributed by atoms with Crippen LogP contribution in [-0.4, -0.2) is 14.7 Å². The van der Waals surface area contributed by atoms with Gasteiger partial charge in [0.15, 0.2) is 0 Å². The van der Waals surface area contributed by atoms with Gasteiger partial charge in [0, 0.05) is 5.56 Å². The van der Waals surface area contributed by atoms with Gasteiger partial charge in [0.1, 0.15) is 0 Å². The number of anilines is 1. The lowest BCUT2D eigenvalue weighted by molar-refractivity contribution is 0.607. The topological polar surface area (TPSA) is 46.2 Å². The minimum absolute atomic E-state index is 0.661. The first-order valence-electron chi connectivity index (χ1n) is 5.92. The van der Waals surface area contributed by atoms with E-state index in [0.717, 1.165) is 24.8 Å². The second kappa shape index (κ2) is 5.45. The molecule has 1 aliphatic carbocycles. The van der Waals surface area contributed by atoms with Crippen LogP contribution in [-0.2, 0) is 10.0 Å². The molecule has 0 aliphatic heterocycles. The van der Waals surface area contributed by atoms with Crippen molar-refractivity contribution in [2.45, 2.75) is 25.7 Å². The Balaban J connectivity index is 2.45. The average molecular weight is 330 g/mol. The first-order chi connectivity index (χ1) is 8.47. The number of benzene rings is 1. The van der Waals surface area contributed by atoms with Crippen molar-refractivity contribution < 1.29 is 8.42 Å². The molecular weight excluding hydrogens is 314 g/mol. The van der Waals surface area contributed by atoms with Gasteiger partial charge in [0.05, 0.1) is 11.9 Å². The van der Waals surface area contributed by atoms with Crippen molar-refractivity contribution in [3.63, 3.8) is 0 Å². The number of sulfonamides is 1. The summed E-state index contributed by atoms with van der Waals surface area (Å²) in [7, 11) is -3.24. The molecule has 1 aromatic carbocycles. The molecule has 3 nitrogen and oxygen atoms in total. The number of nitrogens with one attached hydrogen (secondary N) is 1. The predicted molar refractivity (Wildman–Crippen MR) is 79.2 cm³/mol. The van der Waals surface area contributed by atoms with Crippen molar-refractivity contribution in [1.29, 1.82) is 0 Å². The molecular formula is C13H16BrNO2S. The summed E-state index contributed by atoms with van der Waals surface area (Å²) in [6.07, 6.45) is 5.53. The zero-order valence-electron chi connectivity index (χ0n) is 10.2. The third-order valence-electron chi connectivity index (χ3n) is 2.95. The van der Waals surface area contributed by atoms with Crippen LogP contribution in [0.3, 0.4) is 0 Å². The third-order valence-corrected chi connectivity index (χ3v) is 4.41. The largest absolute Gasteiger partial charge is 0.283 e. The lowest BCUT2D eigenvalue weighted by Crippen LogP contribution is -2.11. The molecule has 0 spiro atoms. The van der Waals surface area contributed by atoms with Gasteiger partial charge in [-0.1, -0.05) is 34.1 Å². The Kier molecular flexibility index (Phi) is 4.12. The molecule has 1 aromatic rings. The SMILES string of the molecule is CS(=O)(=O)Nc1ccccc1C1=C(Br)CCCC1. The van der Waals surface area contributed by atoms with E-state index in [-0.39, 0.29) is 0 Å². The standard InChI is InChI=1S/C13H16BrNO2S/c1-18(16,17)15-13-9-5-3-7-11(13)10-6-2-4-8-12(10)14/h3,5,7,9,15H,2,4,6,8H2,1H3. The van der Waals surface area contributed by atoms with Crippen molar-refractivity contribution in [2.75, 3.05) is 11.0 Å². The highest BCUT2D eigenvalue weighted by atomic mass is 79.9. The van der Waals surface area contributed by atoms with Crippen molar-refractivity contribution in [3.05, 3.63) is 34.3 Å². The van der Waals surface area contributed by atoms with Gasteiger partial charge in [0.25, 0.3) is 0 Å². The fourth-order valence-electron chi connectivity index (χ4n) is 2.18. The monoisotopic (exact) mass is 329 g/mol. The van der Waals surface area contributed by atoms with E-state index in [1.165, 1.54) is 22.7 Å². The zero-order chi connectivity index (χ0) is 13.2. The predicted octanol–water partition coefficient (Wildman–Crippen LogP) is 3.74. The van der Waals surface area contributed by atoms with Gasteiger partial charge in [-0.25, -0.2) is 8.42 Å². The van der Waals surface area contributed by atoms with Crippen LogP contribution in [0.25, 0.3) is 5.57 Å². The van der Waals surface area contributed by atoms with Crippen LogP contribution >= 0.6 is 15.9 Å². The van der Waals surface area contributed by atoms with Crippen LogP contribution in [0.15, 0.2) is 28.7 Å². The van der Waals surface area contributed by atoms with Gasteiger partial charge in [-0.05, 0) is 41.8 Å². The van der Waals surface area contributed by atoms with Crippen LogP contribution in [0, 0.1) is 0 Å². The lowest BCUT2D eigenvalue weighted by Gasteiger charge is -2.19. The zero-order valence-corrected chi connectivity index (χ0v) is 12.6. The van der Waals surface area contributed by atoms with Crippen molar-refractivity contribution >= 4 is 37.2 Å². The summed E-state index contributed by atoms with van der Waals surface area (Å²) in [4.78, 5) is 0. The maximum Gasteiger partial charge on any atom is 0.229 e. The maximum absolute atomic E-state index is 11.4. The number of hydrogen-bond acceptors (Lipinski definition) is 2. The number of hydrogen-bond donors (Lipinski definition) is 1. The molecule has 0 fully saturated rings. The van der Waals surface area contributed by atoms with E-state index in [2.05, 4.69) is 20.7 Å². The Morgan fingerprint density at radius 3 is 2.50 bits per heavy atom. The number of rotatable bonds is 3. The number of allylic oxidation sites excluding steroid dienone is 2. The fourth-order valence-corrected chi connectivity index (χ4v) is 3.45. The molecule has 2 rings (SSSR count). The Bertz CT molecular complexity index is 578. The lowest BCUT2D eigenvalue weighted by atomic mass is 9.93. The van der Waals surface area contributed by atoms with Crippen LogP contribution < -0.4 is 4.72 Å². The molecule has 0 atom stereocenters. The molecule has 0 saturated heterocycles. The molecule has 98 valence electrons. The number of halogens is 1. The summed E-state index contributed by atoms with van der Waals surface area (Å²) in [5.41, 5.74) is 2.86. The summed E-state index contributed by atoms with van der Waals surface area (Å²) >= 11 is 3.61. The molecule has 5 heteroatoms. The second-order valence-electron chi connectivity index (χ2n) is 4.51. The molecule has 0 heterocycles. The van der Waals surface area contributed by atoms with Gasteiger partial charge in [0.2, 0.25) is 10.0 Å². The van der Waals surface area contributed by atoms with E-state index in [1.54, 1.807) is 6.07 Å². The average Bonchev–Trinajstić information content (AvgIpc) is 2.29. The highest BCUT2D eigenvalue weighted by Gasteiger charge is 2.16. The molecule has 1 aliphatic rings. The molecule has 0 radical (unpaired) electrons. The summed E-state index contributed by atoms with van der Waals surface area (Å²) in [5.74, 6) is 0. The van der Waals surface area contributed by atoms with Gasteiger partial charge >= 0.3 is 0 Å². The first kappa shape index (κ1) is 13.6. The summed E-state index contributed by atoms with van der Waals surface area (Å²) in [5, 5.41) is 0. The Hall–Kier alpha value is -0.810. The Morgan fingerprint density at radius 2 is 1.83 bits per heavy atom. The molecule has 18 heavy (non-hydrogen) atoms. The second-order valence-corrected chi connectivity index (χ2v) is 7.22. The normalized spacial score (nSPS) is 16.8. The van der Waals surface area contributed by atoms with Gasteiger partial charge < -0.3 is 0 Å². The molecule has 0 aromatic heterocycles. The quantitative estimate of drug-likeness (QED) is 0.918. The van der Waals surface area contributed by atoms with E-state index < -0.39 is 10.0 Å². The molecule has 0 bridgehead atoms. The number of para-hydroxylation sites is 1. The summed E-state index contributed by atoms with van der Waals surface area (Å²) < 4.78 is 26.5. The van der Waals surface area contributed by atoms with Gasteiger partial charge in [-0.15, -0.1) is 0 Å². The minimum Gasteiger partial charge on any atom is -0.283 e. The van der Waals surface area contributed by atoms with Crippen LogP contribution in [0.4, 0.5) is 5.69 Å². The van der Waals surface area contributed by atoms with Crippen LogP contribution in [0.2, 0.25) is 0 Å². The van der Waals surface area contributed by atoms with Crippen LogP contribution in [0.1, 0.15) is 31.2 Å². The molecule has 1 N–H and O–H groups in total. The van der Waals surface area contributed by atoms with Gasteiger partial charge in [-0.2, -0.15) is 0 Å². The third kappa shape index (κ3) is 3.36. The maximum atomic E-state index is 11.4. The van der Waals surface area contributed by atoms with Crippen LogP contribution in [0.5, 0.6) is 0 Å². The minimum atomic E-state index is -3.24. The Morgan fingerprint density at radius 1 is 1.17 bits per heavy atom. The van der Waals surface area contributed by atoms with E-state index in [1.807, 2.05) is 18.2 Å². The van der Waals surface area contributed by atoms with Gasteiger partial charge in [-0.3, -0.25) is 4.72 Å². The highest BCUT2D eigenvalue weighted by molar-refractivity contribution is 9.11.